The summed E-state index contributed by atoms with van der Waals surface area (Å²) in [6.07, 6.45) is 2.19. The Balaban J connectivity index is 2.13. The topological polar surface area (TPSA) is 55.2 Å². The van der Waals surface area contributed by atoms with Crippen molar-refractivity contribution in [3.8, 4) is 0 Å². The number of aryl methyl sites for hydroxylation is 1. The van der Waals surface area contributed by atoms with Crippen LogP contribution in [0.3, 0.4) is 0 Å². The van der Waals surface area contributed by atoms with E-state index in [1.54, 1.807) is 7.05 Å². The van der Waals surface area contributed by atoms with Crippen LogP contribution in [0.5, 0.6) is 0 Å². The number of imidazole rings is 1. The Morgan fingerprint density at radius 3 is 2.71 bits per heavy atom. The zero-order valence-electron chi connectivity index (χ0n) is 11.8. The van der Waals surface area contributed by atoms with E-state index in [-0.39, 0.29) is 10.2 Å². The molecule has 2 heterocycles. The van der Waals surface area contributed by atoms with Crippen LogP contribution in [0.4, 0.5) is 5.69 Å². The average Bonchev–Trinajstić information content (AvgIpc) is 2.80. The van der Waals surface area contributed by atoms with Crippen molar-refractivity contribution in [2.75, 3.05) is 10.8 Å². The first-order chi connectivity index (χ1) is 9.93. The first kappa shape index (κ1) is 14.4. The molecule has 1 aromatic heterocycles. The number of anilines is 1. The Labute approximate surface area is 129 Å². The predicted octanol–water partition coefficient (Wildman–Crippen LogP) is 2.78. The van der Waals surface area contributed by atoms with Crippen molar-refractivity contribution in [1.82, 2.24) is 9.55 Å². The third-order valence-corrected chi connectivity index (χ3v) is 6.18. The van der Waals surface area contributed by atoms with E-state index >= 15 is 0 Å². The fraction of sp³-hybridized carbons (Fsp3) is 0.357. The van der Waals surface area contributed by atoms with Crippen LogP contribution in [0, 0.1) is 0 Å². The summed E-state index contributed by atoms with van der Waals surface area (Å²) < 4.78 is 28.6. The molecular formula is C14H16ClN3O2S. The molecule has 0 saturated carbocycles. The summed E-state index contributed by atoms with van der Waals surface area (Å²) in [6, 6.07) is 7.58. The Hall–Kier alpha value is -1.53. The minimum absolute atomic E-state index is 0.0870. The minimum Gasteiger partial charge on any atom is -0.324 e. The summed E-state index contributed by atoms with van der Waals surface area (Å²) >= 11 is 6.06. The smallest absolute Gasteiger partial charge is 0.284 e. The molecule has 0 radical (unpaired) electrons. The number of hydrogen-bond donors (Lipinski definition) is 0. The number of halogens is 1. The maximum atomic E-state index is 12.9. The van der Waals surface area contributed by atoms with Gasteiger partial charge in [-0.3, -0.25) is 4.31 Å². The highest BCUT2D eigenvalue weighted by molar-refractivity contribution is 7.92. The van der Waals surface area contributed by atoms with Crippen molar-refractivity contribution in [2.45, 2.75) is 24.3 Å². The van der Waals surface area contributed by atoms with Gasteiger partial charge in [-0.05, 0) is 24.0 Å². The van der Waals surface area contributed by atoms with Crippen LogP contribution in [0.2, 0.25) is 5.15 Å². The average molecular weight is 326 g/mol. The molecular weight excluding hydrogens is 310 g/mol. The number of sulfonamides is 1. The van der Waals surface area contributed by atoms with Crippen molar-refractivity contribution in [2.24, 2.45) is 7.05 Å². The Morgan fingerprint density at radius 2 is 2.05 bits per heavy atom. The van der Waals surface area contributed by atoms with Gasteiger partial charge in [0.05, 0.1) is 12.0 Å². The lowest BCUT2D eigenvalue weighted by molar-refractivity contribution is 0.575. The molecule has 0 aliphatic carbocycles. The number of nitrogens with zero attached hydrogens (tertiary/aromatic N) is 3. The van der Waals surface area contributed by atoms with Crippen molar-refractivity contribution in [1.29, 1.82) is 0 Å². The van der Waals surface area contributed by atoms with Crippen LogP contribution in [0.15, 0.2) is 35.6 Å². The van der Waals surface area contributed by atoms with Gasteiger partial charge < -0.3 is 4.57 Å². The van der Waals surface area contributed by atoms with E-state index in [0.29, 0.717) is 12.5 Å². The molecule has 0 saturated heterocycles. The third kappa shape index (κ3) is 2.22. The van der Waals surface area contributed by atoms with Gasteiger partial charge >= 0.3 is 0 Å². The van der Waals surface area contributed by atoms with E-state index in [0.717, 1.165) is 17.7 Å². The number of para-hydroxylation sites is 1. The van der Waals surface area contributed by atoms with Crippen LogP contribution in [0.25, 0.3) is 0 Å². The van der Waals surface area contributed by atoms with E-state index in [4.69, 9.17) is 11.6 Å². The van der Waals surface area contributed by atoms with Crippen LogP contribution in [-0.2, 0) is 17.1 Å². The molecule has 5 nitrogen and oxygen atoms in total. The second-order valence-corrected chi connectivity index (χ2v) is 7.41. The van der Waals surface area contributed by atoms with Gasteiger partial charge in [-0.1, -0.05) is 36.7 Å². The lowest BCUT2D eigenvalue weighted by Crippen LogP contribution is -2.36. The molecule has 0 spiro atoms. The molecule has 7 heteroatoms. The van der Waals surface area contributed by atoms with Gasteiger partial charge in [-0.15, -0.1) is 0 Å². The zero-order valence-corrected chi connectivity index (χ0v) is 13.4. The van der Waals surface area contributed by atoms with E-state index in [1.807, 2.05) is 24.3 Å². The summed E-state index contributed by atoms with van der Waals surface area (Å²) in [6.45, 7) is 2.55. The number of hydrogen-bond acceptors (Lipinski definition) is 3. The molecule has 0 amide bonds. The van der Waals surface area contributed by atoms with Crippen LogP contribution in [0.1, 0.15) is 24.8 Å². The maximum Gasteiger partial charge on any atom is 0.284 e. The molecule has 112 valence electrons. The number of aromatic nitrogens is 2. The number of rotatable bonds is 2. The van der Waals surface area contributed by atoms with Crippen molar-refractivity contribution < 1.29 is 8.42 Å². The molecule has 0 bridgehead atoms. The highest BCUT2D eigenvalue weighted by Gasteiger charge is 2.34. The molecule has 2 aromatic rings. The first-order valence-electron chi connectivity index (χ1n) is 6.71. The van der Waals surface area contributed by atoms with E-state index in [2.05, 4.69) is 11.9 Å². The van der Waals surface area contributed by atoms with Gasteiger partial charge in [0, 0.05) is 13.6 Å². The highest BCUT2D eigenvalue weighted by Crippen LogP contribution is 2.38. The molecule has 1 atom stereocenters. The Morgan fingerprint density at radius 1 is 1.33 bits per heavy atom. The van der Waals surface area contributed by atoms with Gasteiger partial charge in [0.25, 0.3) is 10.0 Å². The monoisotopic (exact) mass is 325 g/mol. The predicted molar refractivity (Wildman–Crippen MR) is 82.2 cm³/mol. The summed E-state index contributed by atoms with van der Waals surface area (Å²) in [5.74, 6) is 0.340. The Bertz CT molecular complexity index is 785. The summed E-state index contributed by atoms with van der Waals surface area (Å²) in [5, 5.41) is 0.0436. The van der Waals surface area contributed by atoms with Gasteiger partial charge in [0.1, 0.15) is 5.15 Å². The number of fused-ring (bicyclic) bond motifs is 1. The van der Waals surface area contributed by atoms with Gasteiger partial charge in [0.15, 0.2) is 0 Å². The van der Waals surface area contributed by atoms with E-state index < -0.39 is 10.0 Å². The normalized spacial score (nSPS) is 18.6. The van der Waals surface area contributed by atoms with Crippen molar-refractivity contribution in [3.63, 3.8) is 0 Å². The zero-order chi connectivity index (χ0) is 15.2. The van der Waals surface area contributed by atoms with Gasteiger partial charge in [0.2, 0.25) is 5.03 Å². The van der Waals surface area contributed by atoms with Crippen molar-refractivity contribution >= 4 is 27.3 Å². The second-order valence-electron chi connectivity index (χ2n) is 5.28. The molecule has 1 aliphatic rings. The molecule has 0 N–H and O–H groups in total. The van der Waals surface area contributed by atoms with E-state index in [1.165, 1.54) is 15.2 Å². The quantitative estimate of drug-likeness (QED) is 0.853. The maximum absolute atomic E-state index is 12.9. The fourth-order valence-corrected chi connectivity index (χ4v) is 4.54. The third-order valence-electron chi connectivity index (χ3n) is 3.87. The lowest BCUT2D eigenvalue weighted by atomic mass is 9.93. The lowest BCUT2D eigenvalue weighted by Gasteiger charge is -2.33. The highest BCUT2D eigenvalue weighted by atomic mass is 35.5. The summed E-state index contributed by atoms with van der Waals surface area (Å²) in [5.41, 5.74) is 1.76. The largest absolute Gasteiger partial charge is 0.324 e. The van der Waals surface area contributed by atoms with Gasteiger partial charge in [-0.2, -0.15) is 8.42 Å². The standard InChI is InChI=1S/C14H16ClN3O2S/c1-10-7-8-18(12-6-4-3-5-11(10)12)21(19,20)14-13(15)17(2)9-16-14/h3-6,9-10H,7-8H2,1-2H3/t10-/m1/s1. The fourth-order valence-electron chi connectivity index (χ4n) is 2.64. The molecule has 1 aliphatic heterocycles. The first-order valence-corrected chi connectivity index (χ1v) is 8.53. The van der Waals surface area contributed by atoms with Gasteiger partial charge in [-0.25, -0.2) is 4.98 Å². The van der Waals surface area contributed by atoms with E-state index in [9.17, 15) is 8.42 Å². The SMILES string of the molecule is C[C@@H]1CCN(S(=O)(=O)c2ncn(C)c2Cl)c2ccccc21. The summed E-state index contributed by atoms with van der Waals surface area (Å²) in [4.78, 5) is 3.96. The molecule has 3 rings (SSSR count). The summed E-state index contributed by atoms with van der Waals surface area (Å²) in [7, 11) is -2.07. The minimum atomic E-state index is -3.74. The van der Waals surface area contributed by atoms with Crippen LogP contribution < -0.4 is 4.31 Å². The number of benzene rings is 1. The van der Waals surface area contributed by atoms with Crippen molar-refractivity contribution in [3.05, 3.63) is 41.3 Å². The molecule has 1 aromatic carbocycles. The Kier molecular flexibility index (Phi) is 3.45. The molecule has 0 unspecified atom stereocenters. The molecule has 21 heavy (non-hydrogen) atoms. The van der Waals surface area contributed by atoms with Crippen LogP contribution >= 0.6 is 11.6 Å². The second kappa shape index (κ2) is 5.03. The van der Waals surface area contributed by atoms with Crippen LogP contribution in [-0.4, -0.2) is 24.5 Å². The molecule has 0 fully saturated rings.